The van der Waals surface area contributed by atoms with Crippen molar-refractivity contribution in [3.05, 3.63) is 30.5 Å². The van der Waals surface area contributed by atoms with E-state index in [0.29, 0.717) is 6.54 Å². The zero-order valence-corrected chi connectivity index (χ0v) is 8.59. The molecule has 0 bridgehead atoms. The smallest absolute Gasteiger partial charge is 0.147 e. The van der Waals surface area contributed by atoms with Gasteiger partial charge < -0.3 is 10.0 Å². The Bertz CT molecular complexity index is 458. The third-order valence-corrected chi connectivity index (χ3v) is 2.26. The average molecular weight is 203 g/mol. The lowest BCUT2D eigenvalue weighted by Crippen LogP contribution is -2.22. The van der Waals surface area contributed by atoms with Crippen LogP contribution in [-0.4, -0.2) is 35.3 Å². The van der Waals surface area contributed by atoms with Crippen molar-refractivity contribution in [2.45, 2.75) is 0 Å². The summed E-state index contributed by atoms with van der Waals surface area (Å²) in [5.41, 5.74) is 1.76. The van der Waals surface area contributed by atoms with Crippen LogP contribution >= 0.6 is 0 Å². The number of likely N-dealkylation sites (N-methyl/N-ethyl adjacent to an activating group) is 1. The van der Waals surface area contributed by atoms with Crippen LogP contribution in [0, 0.1) is 0 Å². The normalized spacial score (nSPS) is 10.5. The monoisotopic (exact) mass is 203 g/mol. The second kappa shape index (κ2) is 4.23. The Morgan fingerprint density at radius 2 is 2.00 bits per heavy atom. The summed E-state index contributed by atoms with van der Waals surface area (Å²) in [7, 11) is 1.88. The SMILES string of the molecule is CN(CCO)c1cnc2ccccc2n1. The number of nitrogens with zero attached hydrogens (tertiary/aromatic N) is 3. The van der Waals surface area contributed by atoms with Gasteiger partial charge >= 0.3 is 0 Å². The quantitative estimate of drug-likeness (QED) is 0.810. The van der Waals surface area contributed by atoms with Gasteiger partial charge in [0.2, 0.25) is 0 Å². The van der Waals surface area contributed by atoms with E-state index in [9.17, 15) is 0 Å². The van der Waals surface area contributed by atoms with Crippen molar-refractivity contribution < 1.29 is 5.11 Å². The van der Waals surface area contributed by atoms with E-state index in [1.165, 1.54) is 0 Å². The van der Waals surface area contributed by atoms with Crippen molar-refractivity contribution in [3.8, 4) is 0 Å². The molecule has 15 heavy (non-hydrogen) atoms. The molecule has 78 valence electrons. The molecule has 1 heterocycles. The second-order valence-electron chi connectivity index (χ2n) is 3.36. The number of para-hydroxylation sites is 2. The van der Waals surface area contributed by atoms with Crippen LogP contribution in [-0.2, 0) is 0 Å². The topological polar surface area (TPSA) is 49.2 Å². The Balaban J connectivity index is 2.38. The number of hydrogen-bond acceptors (Lipinski definition) is 4. The fourth-order valence-corrected chi connectivity index (χ4v) is 1.40. The van der Waals surface area contributed by atoms with Gasteiger partial charge in [-0.3, -0.25) is 4.98 Å². The zero-order chi connectivity index (χ0) is 10.7. The van der Waals surface area contributed by atoms with Gasteiger partial charge in [-0.05, 0) is 12.1 Å². The molecule has 1 aromatic heterocycles. The number of aliphatic hydroxyl groups excluding tert-OH is 1. The van der Waals surface area contributed by atoms with E-state index in [1.807, 2.05) is 36.2 Å². The van der Waals surface area contributed by atoms with Crippen molar-refractivity contribution in [3.63, 3.8) is 0 Å². The van der Waals surface area contributed by atoms with Crippen LogP contribution in [0.2, 0.25) is 0 Å². The van der Waals surface area contributed by atoms with Gasteiger partial charge in [-0.15, -0.1) is 0 Å². The number of rotatable bonds is 3. The van der Waals surface area contributed by atoms with E-state index >= 15 is 0 Å². The fraction of sp³-hybridized carbons (Fsp3) is 0.273. The zero-order valence-electron chi connectivity index (χ0n) is 8.59. The largest absolute Gasteiger partial charge is 0.395 e. The van der Waals surface area contributed by atoms with Crippen LogP contribution in [0.25, 0.3) is 11.0 Å². The summed E-state index contributed by atoms with van der Waals surface area (Å²) in [6, 6.07) is 7.73. The van der Waals surface area contributed by atoms with E-state index < -0.39 is 0 Å². The third kappa shape index (κ3) is 2.05. The number of hydrogen-bond donors (Lipinski definition) is 1. The minimum Gasteiger partial charge on any atom is -0.395 e. The Kier molecular flexibility index (Phi) is 2.78. The molecule has 0 unspecified atom stereocenters. The highest BCUT2D eigenvalue weighted by Crippen LogP contribution is 2.13. The molecular weight excluding hydrogens is 190 g/mol. The van der Waals surface area contributed by atoms with Crippen LogP contribution in [0.5, 0.6) is 0 Å². The molecule has 2 rings (SSSR count). The number of aliphatic hydroxyl groups is 1. The van der Waals surface area contributed by atoms with Gasteiger partial charge in [0.1, 0.15) is 5.82 Å². The van der Waals surface area contributed by atoms with Gasteiger partial charge in [0.25, 0.3) is 0 Å². The highest BCUT2D eigenvalue weighted by Gasteiger charge is 2.03. The Hall–Kier alpha value is -1.68. The molecule has 1 aromatic carbocycles. The molecule has 0 aliphatic heterocycles. The maximum atomic E-state index is 8.82. The van der Waals surface area contributed by atoms with E-state index in [0.717, 1.165) is 16.9 Å². The highest BCUT2D eigenvalue weighted by atomic mass is 16.3. The first-order valence-corrected chi connectivity index (χ1v) is 4.85. The van der Waals surface area contributed by atoms with Crippen molar-refractivity contribution in [1.82, 2.24) is 9.97 Å². The molecule has 2 aromatic rings. The first-order chi connectivity index (χ1) is 7.31. The van der Waals surface area contributed by atoms with Crippen LogP contribution in [0.3, 0.4) is 0 Å². The standard InChI is InChI=1S/C11H13N3O/c1-14(6-7-15)11-8-12-9-4-2-3-5-10(9)13-11/h2-5,8,15H,6-7H2,1H3. The van der Waals surface area contributed by atoms with E-state index in [2.05, 4.69) is 9.97 Å². The van der Waals surface area contributed by atoms with Crippen LogP contribution in [0.15, 0.2) is 30.5 Å². The molecule has 0 saturated heterocycles. The summed E-state index contributed by atoms with van der Waals surface area (Å²) in [5, 5.41) is 8.82. The predicted molar refractivity (Wildman–Crippen MR) is 59.9 cm³/mol. The number of fused-ring (bicyclic) bond motifs is 1. The van der Waals surface area contributed by atoms with Crippen LogP contribution in [0.4, 0.5) is 5.82 Å². The lowest BCUT2D eigenvalue weighted by atomic mass is 10.3. The van der Waals surface area contributed by atoms with E-state index in [-0.39, 0.29) is 6.61 Å². The summed E-state index contributed by atoms with van der Waals surface area (Å²) in [5.74, 6) is 0.780. The summed E-state index contributed by atoms with van der Waals surface area (Å²) in [6.07, 6.45) is 1.72. The van der Waals surface area contributed by atoms with E-state index in [4.69, 9.17) is 5.11 Å². The maximum absolute atomic E-state index is 8.82. The molecule has 4 heteroatoms. The fourth-order valence-electron chi connectivity index (χ4n) is 1.40. The maximum Gasteiger partial charge on any atom is 0.147 e. The minimum absolute atomic E-state index is 0.116. The van der Waals surface area contributed by atoms with Crippen LogP contribution in [0.1, 0.15) is 0 Å². The van der Waals surface area contributed by atoms with Gasteiger partial charge in [-0.2, -0.15) is 0 Å². The van der Waals surface area contributed by atoms with Crippen molar-refractivity contribution >= 4 is 16.9 Å². The first kappa shape index (κ1) is 9.86. The number of anilines is 1. The van der Waals surface area contributed by atoms with Gasteiger partial charge in [-0.1, -0.05) is 12.1 Å². The first-order valence-electron chi connectivity index (χ1n) is 4.85. The molecule has 0 saturated carbocycles. The highest BCUT2D eigenvalue weighted by molar-refractivity contribution is 5.75. The van der Waals surface area contributed by atoms with Gasteiger partial charge in [0.05, 0.1) is 23.8 Å². The predicted octanol–water partition coefficient (Wildman–Crippen LogP) is 1.06. The molecule has 0 aliphatic carbocycles. The van der Waals surface area contributed by atoms with Crippen molar-refractivity contribution in [1.29, 1.82) is 0 Å². The number of aromatic nitrogens is 2. The molecule has 0 amide bonds. The Morgan fingerprint density at radius 1 is 1.27 bits per heavy atom. The summed E-state index contributed by atoms with van der Waals surface area (Å²) >= 11 is 0. The minimum atomic E-state index is 0.116. The van der Waals surface area contributed by atoms with Crippen molar-refractivity contribution in [2.75, 3.05) is 25.1 Å². The second-order valence-corrected chi connectivity index (χ2v) is 3.36. The third-order valence-electron chi connectivity index (χ3n) is 2.26. The summed E-state index contributed by atoms with van der Waals surface area (Å²) in [6.45, 7) is 0.679. The summed E-state index contributed by atoms with van der Waals surface area (Å²) in [4.78, 5) is 10.6. The number of benzene rings is 1. The lowest BCUT2D eigenvalue weighted by molar-refractivity contribution is 0.304. The molecule has 4 nitrogen and oxygen atoms in total. The van der Waals surface area contributed by atoms with Crippen LogP contribution < -0.4 is 4.90 Å². The Morgan fingerprint density at radius 3 is 2.73 bits per heavy atom. The molecule has 0 aliphatic rings. The molecule has 1 N–H and O–H groups in total. The molecule has 0 atom stereocenters. The molecule has 0 spiro atoms. The van der Waals surface area contributed by atoms with E-state index in [1.54, 1.807) is 6.20 Å². The van der Waals surface area contributed by atoms with Gasteiger partial charge in [0.15, 0.2) is 0 Å². The molecule has 0 fully saturated rings. The van der Waals surface area contributed by atoms with Crippen molar-refractivity contribution in [2.24, 2.45) is 0 Å². The van der Waals surface area contributed by atoms with Gasteiger partial charge in [-0.25, -0.2) is 4.98 Å². The average Bonchev–Trinajstić information content (AvgIpc) is 2.29. The molecular formula is C11H13N3O. The Labute approximate surface area is 88.2 Å². The molecule has 0 radical (unpaired) electrons. The van der Waals surface area contributed by atoms with Gasteiger partial charge in [0, 0.05) is 13.6 Å². The summed E-state index contributed by atoms with van der Waals surface area (Å²) < 4.78 is 0. The lowest BCUT2D eigenvalue weighted by Gasteiger charge is -2.16.